The highest BCUT2D eigenvalue weighted by molar-refractivity contribution is 5.00. The summed E-state index contributed by atoms with van der Waals surface area (Å²) in [6.45, 7) is 2.27. The molecule has 0 bridgehead atoms. The van der Waals surface area contributed by atoms with Crippen LogP contribution >= 0.6 is 0 Å². The van der Waals surface area contributed by atoms with Crippen molar-refractivity contribution in [2.45, 2.75) is 25.2 Å². The zero-order chi connectivity index (χ0) is 9.80. The van der Waals surface area contributed by atoms with E-state index in [2.05, 4.69) is 4.98 Å². The van der Waals surface area contributed by atoms with Gasteiger partial charge in [-0.3, -0.25) is 0 Å². The molecule has 4 nitrogen and oxygen atoms in total. The number of nitrogens with zero attached hydrogens (tertiary/aromatic N) is 1. The van der Waals surface area contributed by atoms with Crippen molar-refractivity contribution in [1.82, 2.24) is 4.98 Å². The Morgan fingerprint density at radius 3 is 3.21 bits per heavy atom. The summed E-state index contributed by atoms with van der Waals surface area (Å²) < 4.78 is 10.9. The van der Waals surface area contributed by atoms with Crippen molar-refractivity contribution in [1.29, 1.82) is 0 Å². The van der Waals surface area contributed by atoms with Crippen molar-refractivity contribution in [3.8, 4) is 0 Å². The predicted molar refractivity (Wildman–Crippen MR) is 52.1 cm³/mol. The van der Waals surface area contributed by atoms with Crippen LogP contribution in [0, 0.1) is 0 Å². The maximum absolute atomic E-state index is 5.62. The van der Waals surface area contributed by atoms with Crippen LogP contribution in [0.25, 0.3) is 0 Å². The molecule has 1 fully saturated rings. The van der Waals surface area contributed by atoms with Crippen LogP contribution < -0.4 is 5.73 Å². The van der Waals surface area contributed by atoms with Crippen LogP contribution in [0.5, 0.6) is 0 Å². The monoisotopic (exact) mass is 196 g/mol. The standard InChI is InChI=1S/C10H16N2O2/c11-4-1-2-9-6-12-10(14-9)8-3-5-13-7-8/h6,8H,1-5,7,11H2. The molecule has 1 aromatic heterocycles. The zero-order valence-electron chi connectivity index (χ0n) is 8.24. The molecule has 1 atom stereocenters. The van der Waals surface area contributed by atoms with Gasteiger partial charge in [-0.1, -0.05) is 0 Å². The smallest absolute Gasteiger partial charge is 0.199 e. The summed E-state index contributed by atoms with van der Waals surface area (Å²) in [7, 11) is 0. The molecule has 0 spiro atoms. The summed E-state index contributed by atoms with van der Waals surface area (Å²) >= 11 is 0. The van der Waals surface area contributed by atoms with Gasteiger partial charge in [-0.15, -0.1) is 0 Å². The summed E-state index contributed by atoms with van der Waals surface area (Å²) in [5.41, 5.74) is 5.42. The summed E-state index contributed by atoms with van der Waals surface area (Å²) in [6, 6.07) is 0. The second-order valence-electron chi connectivity index (χ2n) is 3.62. The summed E-state index contributed by atoms with van der Waals surface area (Å²) in [4.78, 5) is 4.26. The molecule has 1 aliphatic rings. The molecule has 78 valence electrons. The number of hydrogen-bond donors (Lipinski definition) is 1. The summed E-state index contributed by atoms with van der Waals surface area (Å²) in [6.07, 6.45) is 4.67. The molecule has 0 saturated carbocycles. The first-order chi connectivity index (χ1) is 6.90. The fraction of sp³-hybridized carbons (Fsp3) is 0.700. The van der Waals surface area contributed by atoms with Gasteiger partial charge < -0.3 is 14.9 Å². The normalized spacial score (nSPS) is 21.6. The first-order valence-electron chi connectivity index (χ1n) is 5.12. The number of rotatable bonds is 4. The molecule has 1 aromatic rings. The van der Waals surface area contributed by atoms with E-state index < -0.39 is 0 Å². The van der Waals surface area contributed by atoms with Gasteiger partial charge in [0.05, 0.1) is 18.7 Å². The fourth-order valence-electron chi connectivity index (χ4n) is 1.63. The van der Waals surface area contributed by atoms with Gasteiger partial charge in [0, 0.05) is 13.0 Å². The molecule has 4 heteroatoms. The van der Waals surface area contributed by atoms with E-state index in [0.717, 1.165) is 44.1 Å². The number of oxazole rings is 1. The lowest BCUT2D eigenvalue weighted by Gasteiger charge is -2.00. The van der Waals surface area contributed by atoms with Gasteiger partial charge in [0.2, 0.25) is 0 Å². The third-order valence-electron chi connectivity index (χ3n) is 2.48. The van der Waals surface area contributed by atoms with Crippen molar-refractivity contribution in [3.63, 3.8) is 0 Å². The van der Waals surface area contributed by atoms with Crippen LogP contribution in [0.15, 0.2) is 10.6 Å². The van der Waals surface area contributed by atoms with E-state index in [-0.39, 0.29) is 0 Å². The van der Waals surface area contributed by atoms with Crippen LogP contribution in [-0.4, -0.2) is 24.7 Å². The third kappa shape index (κ3) is 2.13. The predicted octanol–water partition coefficient (Wildman–Crippen LogP) is 1.07. The van der Waals surface area contributed by atoms with Gasteiger partial charge >= 0.3 is 0 Å². The van der Waals surface area contributed by atoms with Crippen LogP contribution in [0.1, 0.15) is 30.4 Å². The van der Waals surface area contributed by atoms with Crippen molar-refractivity contribution in [2.24, 2.45) is 5.73 Å². The van der Waals surface area contributed by atoms with Gasteiger partial charge in [0.15, 0.2) is 5.89 Å². The highest BCUT2D eigenvalue weighted by Crippen LogP contribution is 2.24. The van der Waals surface area contributed by atoms with Crippen molar-refractivity contribution >= 4 is 0 Å². The van der Waals surface area contributed by atoms with E-state index in [1.807, 2.05) is 6.20 Å². The van der Waals surface area contributed by atoms with Gasteiger partial charge in [0.25, 0.3) is 0 Å². The maximum atomic E-state index is 5.62. The average Bonchev–Trinajstić information content (AvgIpc) is 2.85. The van der Waals surface area contributed by atoms with Crippen LogP contribution in [0.2, 0.25) is 0 Å². The van der Waals surface area contributed by atoms with Crippen molar-refractivity contribution in [2.75, 3.05) is 19.8 Å². The number of hydrogen-bond acceptors (Lipinski definition) is 4. The van der Waals surface area contributed by atoms with Gasteiger partial charge in [0.1, 0.15) is 5.76 Å². The summed E-state index contributed by atoms with van der Waals surface area (Å²) in [5.74, 6) is 2.13. The Labute approximate surface area is 83.4 Å². The molecule has 1 saturated heterocycles. The van der Waals surface area contributed by atoms with E-state index in [1.165, 1.54) is 0 Å². The second kappa shape index (κ2) is 4.57. The van der Waals surface area contributed by atoms with E-state index in [4.69, 9.17) is 14.9 Å². The highest BCUT2D eigenvalue weighted by atomic mass is 16.5. The first kappa shape index (κ1) is 9.68. The number of ether oxygens (including phenoxy) is 1. The number of aryl methyl sites for hydroxylation is 1. The molecular formula is C10H16N2O2. The molecule has 0 radical (unpaired) electrons. The van der Waals surface area contributed by atoms with E-state index in [1.54, 1.807) is 0 Å². The van der Waals surface area contributed by atoms with E-state index in [9.17, 15) is 0 Å². The van der Waals surface area contributed by atoms with Gasteiger partial charge in [-0.2, -0.15) is 0 Å². The van der Waals surface area contributed by atoms with Crippen LogP contribution in [-0.2, 0) is 11.2 Å². The Morgan fingerprint density at radius 2 is 2.50 bits per heavy atom. The zero-order valence-corrected chi connectivity index (χ0v) is 8.24. The molecular weight excluding hydrogens is 180 g/mol. The molecule has 2 heterocycles. The molecule has 0 amide bonds. The number of aromatic nitrogens is 1. The quantitative estimate of drug-likeness (QED) is 0.782. The lowest BCUT2D eigenvalue weighted by molar-refractivity contribution is 0.190. The molecule has 0 aromatic carbocycles. The largest absolute Gasteiger partial charge is 0.445 e. The van der Waals surface area contributed by atoms with Crippen molar-refractivity contribution < 1.29 is 9.15 Å². The minimum absolute atomic E-state index is 0.363. The molecule has 2 N–H and O–H groups in total. The van der Waals surface area contributed by atoms with Crippen molar-refractivity contribution in [3.05, 3.63) is 17.8 Å². The Morgan fingerprint density at radius 1 is 1.57 bits per heavy atom. The minimum atomic E-state index is 0.363. The van der Waals surface area contributed by atoms with Gasteiger partial charge in [-0.05, 0) is 19.4 Å². The average molecular weight is 196 g/mol. The Bertz CT molecular complexity index is 279. The lowest BCUT2D eigenvalue weighted by atomic mass is 10.1. The Kier molecular flexibility index (Phi) is 3.16. The van der Waals surface area contributed by atoms with Crippen LogP contribution in [0.4, 0.5) is 0 Å². The van der Waals surface area contributed by atoms with Crippen LogP contribution in [0.3, 0.4) is 0 Å². The topological polar surface area (TPSA) is 61.3 Å². The first-order valence-corrected chi connectivity index (χ1v) is 5.12. The van der Waals surface area contributed by atoms with E-state index in [0.29, 0.717) is 12.5 Å². The molecule has 2 rings (SSSR count). The van der Waals surface area contributed by atoms with E-state index >= 15 is 0 Å². The SMILES string of the molecule is NCCCc1cnc(C2CCOC2)o1. The fourth-order valence-corrected chi connectivity index (χ4v) is 1.63. The Balaban J connectivity index is 1.94. The molecule has 14 heavy (non-hydrogen) atoms. The molecule has 1 aliphatic heterocycles. The third-order valence-corrected chi connectivity index (χ3v) is 2.48. The molecule has 1 unspecified atom stereocenters. The maximum Gasteiger partial charge on any atom is 0.199 e. The van der Waals surface area contributed by atoms with Gasteiger partial charge in [-0.25, -0.2) is 4.98 Å². The lowest BCUT2D eigenvalue weighted by Crippen LogP contribution is -1.99. The Hall–Kier alpha value is -0.870. The second-order valence-corrected chi connectivity index (χ2v) is 3.62. The number of nitrogens with two attached hydrogens (primary N) is 1. The summed E-state index contributed by atoms with van der Waals surface area (Å²) in [5, 5.41) is 0. The minimum Gasteiger partial charge on any atom is -0.445 e. The molecule has 0 aliphatic carbocycles. The highest BCUT2D eigenvalue weighted by Gasteiger charge is 2.22.